The van der Waals surface area contributed by atoms with Crippen molar-refractivity contribution in [2.24, 2.45) is 0 Å². The van der Waals surface area contributed by atoms with Gasteiger partial charge in [0.15, 0.2) is 6.10 Å². The van der Waals surface area contributed by atoms with Crippen LogP contribution in [0.3, 0.4) is 0 Å². The Hall–Kier alpha value is -2.89. The lowest BCUT2D eigenvalue weighted by Crippen LogP contribution is -2.30. The fourth-order valence-electron chi connectivity index (χ4n) is 8.24. The first kappa shape index (κ1) is 65.1. The van der Waals surface area contributed by atoms with Crippen LogP contribution in [0.1, 0.15) is 297 Å². The number of carbonyl (C=O) groups excluding carboxylic acids is 3. The summed E-state index contributed by atoms with van der Waals surface area (Å²) in [5.41, 5.74) is 0. The predicted octanol–water partition coefficient (Wildman–Crippen LogP) is 19.6. The smallest absolute Gasteiger partial charge is 0.306 e. The zero-order valence-electron chi connectivity index (χ0n) is 45.1. The maximum atomic E-state index is 12.8. The maximum Gasteiger partial charge on any atom is 0.306 e. The quantitative estimate of drug-likeness (QED) is 0.0262. The molecule has 0 aromatic carbocycles. The van der Waals surface area contributed by atoms with Crippen molar-refractivity contribution in [1.82, 2.24) is 0 Å². The number of hydrogen-bond donors (Lipinski definition) is 0. The monoisotopic (exact) mass is 951 g/mol. The minimum absolute atomic E-state index is 0.0818. The highest BCUT2D eigenvalue weighted by Gasteiger charge is 2.19. The number of ether oxygens (including phenoxy) is 3. The highest BCUT2D eigenvalue weighted by Crippen LogP contribution is 2.16. The molecule has 0 fully saturated rings. The Bertz CT molecular complexity index is 1230. The van der Waals surface area contributed by atoms with Crippen LogP contribution in [0.2, 0.25) is 0 Å². The molecule has 6 nitrogen and oxygen atoms in total. The first-order chi connectivity index (χ1) is 33.5. The van der Waals surface area contributed by atoms with Gasteiger partial charge in [-0.3, -0.25) is 14.4 Å². The lowest BCUT2D eigenvalue weighted by Gasteiger charge is -2.18. The Labute approximate surface area is 421 Å². The van der Waals surface area contributed by atoms with Crippen molar-refractivity contribution < 1.29 is 28.6 Å². The molecule has 0 aromatic rings. The molecule has 0 aliphatic carbocycles. The third kappa shape index (κ3) is 54.1. The van der Waals surface area contributed by atoms with Crippen LogP contribution in [0, 0.1) is 0 Å². The predicted molar refractivity (Wildman–Crippen MR) is 293 cm³/mol. The normalized spacial score (nSPS) is 12.5. The summed E-state index contributed by atoms with van der Waals surface area (Å²) < 4.78 is 16.8. The van der Waals surface area contributed by atoms with Crippen molar-refractivity contribution in [3.63, 3.8) is 0 Å². The number of rotatable bonds is 53. The molecule has 1 atom stereocenters. The third-order valence-electron chi connectivity index (χ3n) is 12.7. The van der Waals surface area contributed by atoms with E-state index in [0.717, 1.165) is 96.3 Å². The van der Waals surface area contributed by atoms with Gasteiger partial charge in [0, 0.05) is 19.3 Å². The van der Waals surface area contributed by atoms with E-state index in [1.54, 1.807) is 0 Å². The molecule has 0 radical (unpaired) electrons. The third-order valence-corrected chi connectivity index (χ3v) is 12.7. The van der Waals surface area contributed by atoms with Gasteiger partial charge in [-0.05, 0) is 96.3 Å². The van der Waals surface area contributed by atoms with E-state index in [0.29, 0.717) is 19.3 Å². The zero-order chi connectivity index (χ0) is 49.3. The van der Waals surface area contributed by atoms with Crippen molar-refractivity contribution in [2.75, 3.05) is 13.2 Å². The Morgan fingerprint density at radius 1 is 0.294 bits per heavy atom. The minimum atomic E-state index is -0.784. The van der Waals surface area contributed by atoms with E-state index in [-0.39, 0.29) is 31.1 Å². The first-order valence-corrected chi connectivity index (χ1v) is 29.3. The minimum Gasteiger partial charge on any atom is -0.462 e. The van der Waals surface area contributed by atoms with Gasteiger partial charge >= 0.3 is 17.9 Å². The molecule has 0 amide bonds. The Balaban J connectivity index is 4.23. The molecule has 0 rings (SSSR count). The molecule has 0 saturated heterocycles. The molecule has 0 saturated carbocycles. The number of carbonyl (C=O) groups is 3. The van der Waals surface area contributed by atoms with E-state index in [1.807, 2.05) is 0 Å². The second-order valence-corrected chi connectivity index (χ2v) is 19.5. The second kappa shape index (κ2) is 56.7. The Morgan fingerprint density at radius 2 is 0.544 bits per heavy atom. The van der Waals surface area contributed by atoms with Gasteiger partial charge in [0.2, 0.25) is 0 Å². The summed E-state index contributed by atoms with van der Waals surface area (Å²) in [4.78, 5) is 38.1. The number of unbranched alkanes of at least 4 members (excludes halogenated alkanes) is 32. The molecule has 0 spiro atoms. The van der Waals surface area contributed by atoms with Crippen LogP contribution in [0.15, 0.2) is 60.8 Å². The topological polar surface area (TPSA) is 78.9 Å². The van der Waals surface area contributed by atoms with Crippen LogP contribution < -0.4 is 0 Å². The average Bonchev–Trinajstić information content (AvgIpc) is 3.34. The van der Waals surface area contributed by atoms with Crippen molar-refractivity contribution in [3.8, 4) is 0 Å². The van der Waals surface area contributed by atoms with Crippen molar-refractivity contribution in [3.05, 3.63) is 60.8 Å². The van der Waals surface area contributed by atoms with Crippen LogP contribution in [-0.4, -0.2) is 37.2 Å². The van der Waals surface area contributed by atoms with Gasteiger partial charge in [-0.25, -0.2) is 0 Å². The van der Waals surface area contributed by atoms with Gasteiger partial charge in [0.1, 0.15) is 13.2 Å². The molecule has 0 aromatic heterocycles. The van der Waals surface area contributed by atoms with Crippen molar-refractivity contribution in [1.29, 1.82) is 0 Å². The van der Waals surface area contributed by atoms with E-state index < -0.39 is 6.10 Å². The molecule has 0 aliphatic rings. The van der Waals surface area contributed by atoms with E-state index in [9.17, 15) is 14.4 Å². The molecular weight excluding hydrogens is 841 g/mol. The highest BCUT2D eigenvalue weighted by molar-refractivity contribution is 5.71. The van der Waals surface area contributed by atoms with Crippen LogP contribution in [0.5, 0.6) is 0 Å². The van der Waals surface area contributed by atoms with Crippen LogP contribution >= 0.6 is 0 Å². The van der Waals surface area contributed by atoms with Gasteiger partial charge in [0.25, 0.3) is 0 Å². The molecule has 68 heavy (non-hydrogen) atoms. The summed E-state index contributed by atoms with van der Waals surface area (Å²) in [5.74, 6) is -0.898. The van der Waals surface area contributed by atoms with E-state index in [1.165, 1.54) is 161 Å². The zero-order valence-corrected chi connectivity index (χ0v) is 45.1. The van der Waals surface area contributed by atoms with Crippen LogP contribution in [0.25, 0.3) is 0 Å². The SMILES string of the molecule is CCCC/C=C\C/C=C\CCCCCCCC(=O)OC(COC(=O)CCCCCCC/C=C\CCCC)COC(=O)CCCCCCCCCCCCCCC/C=C\C/C=C\CCCCCCC. The fraction of sp³-hybridized carbons (Fsp3) is 0.790. The summed E-state index contributed by atoms with van der Waals surface area (Å²) >= 11 is 0. The largest absolute Gasteiger partial charge is 0.462 e. The molecule has 1 unspecified atom stereocenters. The van der Waals surface area contributed by atoms with Gasteiger partial charge in [-0.2, -0.15) is 0 Å². The molecule has 0 bridgehead atoms. The molecule has 0 N–H and O–H groups in total. The summed E-state index contributed by atoms with van der Waals surface area (Å²) in [6.07, 6.45) is 70.8. The Morgan fingerprint density at radius 3 is 0.868 bits per heavy atom. The number of allylic oxidation sites excluding steroid dienone is 10. The molecule has 0 heterocycles. The standard InChI is InChI=1S/C62H110O6/c1-4-7-10-13-16-19-22-24-26-27-28-29-30-31-32-33-34-35-36-38-40-43-46-49-52-55-61(64)67-58-59(57-66-60(63)54-51-48-45-42-39-21-18-15-12-9-6-3)68-62(65)56-53-50-47-44-41-37-25-23-20-17-14-11-8-5-2/h14-15,17-18,22-25,27-28,59H,4-13,16,19-21,26,29-58H2,1-3H3/b17-14-,18-15-,24-22-,25-23-,28-27-. The lowest BCUT2D eigenvalue weighted by molar-refractivity contribution is -0.167. The maximum absolute atomic E-state index is 12.8. The molecule has 6 heteroatoms. The van der Waals surface area contributed by atoms with Crippen LogP contribution in [-0.2, 0) is 28.6 Å². The van der Waals surface area contributed by atoms with Crippen LogP contribution in [0.4, 0.5) is 0 Å². The van der Waals surface area contributed by atoms with Crippen molar-refractivity contribution >= 4 is 17.9 Å². The highest BCUT2D eigenvalue weighted by atomic mass is 16.6. The fourth-order valence-corrected chi connectivity index (χ4v) is 8.24. The van der Waals surface area contributed by atoms with E-state index in [4.69, 9.17) is 14.2 Å². The van der Waals surface area contributed by atoms with Gasteiger partial charge < -0.3 is 14.2 Å². The summed E-state index contributed by atoms with van der Waals surface area (Å²) in [5, 5.41) is 0. The summed E-state index contributed by atoms with van der Waals surface area (Å²) in [6, 6.07) is 0. The van der Waals surface area contributed by atoms with E-state index in [2.05, 4.69) is 81.5 Å². The molecular formula is C62H110O6. The second-order valence-electron chi connectivity index (χ2n) is 19.5. The van der Waals surface area contributed by atoms with Crippen molar-refractivity contribution in [2.45, 2.75) is 303 Å². The average molecular weight is 952 g/mol. The lowest BCUT2D eigenvalue weighted by atomic mass is 10.0. The number of hydrogen-bond acceptors (Lipinski definition) is 6. The molecule has 0 aliphatic heterocycles. The Kier molecular flexibility index (Phi) is 54.3. The summed E-state index contributed by atoms with van der Waals surface area (Å²) in [6.45, 7) is 6.55. The van der Waals surface area contributed by atoms with Gasteiger partial charge in [-0.1, -0.05) is 242 Å². The van der Waals surface area contributed by atoms with E-state index >= 15 is 0 Å². The summed E-state index contributed by atoms with van der Waals surface area (Å²) in [7, 11) is 0. The van der Waals surface area contributed by atoms with Gasteiger partial charge in [-0.15, -0.1) is 0 Å². The molecule has 394 valence electrons. The number of esters is 3. The van der Waals surface area contributed by atoms with Gasteiger partial charge in [0.05, 0.1) is 0 Å². The first-order valence-electron chi connectivity index (χ1n) is 29.3.